The Labute approximate surface area is 110 Å². The van der Waals surface area contributed by atoms with E-state index >= 15 is 0 Å². The van der Waals surface area contributed by atoms with Crippen molar-refractivity contribution in [2.45, 2.75) is 24.7 Å². The van der Waals surface area contributed by atoms with Gasteiger partial charge < -0.3 is 9.84 Å². The number of hydrogen-bond donors (Lipinski definition) is 1. The van der Waals surface area contributed by atoms with Crippen molar-refractivity contribution in [3.05, 3.63) is 24.5 Å². The Balaban J connectivity index is 1.72. The van der Waals surface area contributed by atoms with Crippen LogP contribution in [0.1, 0.15) is 25.2 Å². The summed E-state index contributed by atoms with van der Waals surface area (Å²) in [6, 6.07) is 0. The minimum Gasteiger partial charge on any atom is -0.338 e. The Hall–Kier alpha value is -1.82. The predicted molar refractivity (Wildman–Crippen MR) is 67.2 cm³/mol. The van der Waals surface area contributed by atoms with Gasteiger partial charge in [0, 0.05) is 18.9 Å². The maximum atomic E-state index is 5.54. The molecule has 1 aliphatic heterocycles. The third kappa shape index (κ3) is 1.59. The van der Waals surface area contributed by atoms with E-state index in [-0.39, 0.29) is 5.41 Å². The van der Waals surface area contributed by atoms with Crippen molar-refractivity contribution in [1.29, 1.82) is 0 Å². The van der Waals surface area contributed by atoms with E-state index in [9.17, 15) is 0 Å². The molecule has 1 aliphatic carbocycles. The molecule has 4 rings (SSSR count). The second kappa shape index (κ2) is 4.09. The highest BCUT2D eigenvalue weighted by molar-refractivity contribution is 5.45. The van der Waals surface area contributed by atoms with Crippen LogP contribution in [0.15, 0.2) is 23.1 Å². The first-order valence-corrected chi connectivity index (χ1v) is 6.70. The van der Waals surface area contributed by atoms with E-state index in [1.165, 1.54) is 12.8 Å². The van der Waals surface area contributed by atoms with Crippen LogP contribution in [-0.2, 0) is 5.41 Å². The van der Waals surface area contributed by atoms with Crippen molar-refractivity contribution in [3.63, 3.8) is 0 Å². The summed E-state index contributed by atoms with van der Waals surface area (Å²) >= 11 is 0. The second-order valence-electron chi connectivity index (χ2n) is 5.39. The molecule has 0 amide bonds. The van der Waals surface area contributed by atoms with Crippen molar-refractivity contribution in [1.82, 2.24) is 25.4 Å². The van der Waals surface area contributed by atoms with Crippen molar-refractivity contribution in [2.24, 2.45) is 5.92 Å². The van der Waals surface area contributed by atoms with E-state index in [2.05, 4.69) is 25.4 Å². The van der Waals surface area contributed by atoms with Gasteiger partial charge in [-0.3, -0.25) is 4.98 Å². The fourth-order valence-electron chi connectivity index (χ4n) is 3.45. The summed E-state index contributed by atoms with van der Waals surface area (Å²) < 4.78 is 5.54. The van der Waals surface area contributed by atoms with Gasteiger partial charge >= 0.3 is 0 Å². The van der Waals surface area contributed by atoms with E-state index in [0.29, 0.717) is 17.4 Å². The van der Waals surface area contributed by atoms with Crippen LogP contribution >= 0.6 is 0 Å². The number of nitrogens with one attached hydrogen (secondary N) is 1. The molecule has 3 heterocycles. The Morgan fingerprint density at radius 1 is 1.37 bits per heavy atom. The number of aromatic nitrogens is 4. The topological polar surface area (TPSA) is 76.7 Å². The van der Waals surface area contributed by atoms with Gasteiger partial charge in [0.2, 0.25) is 11.7 Å². The first kappa shape index (κ1) is 11.0. The molecule has 2 aromatic rings. The first-order valence-electron chi connectivity index (χ1n) is 6.70. The third-order valence-electron chi connectivity index (χ3n) is 4.43. The number of fused-ring (bicyclic) bond motifs is 1. The van der Waals surface area contributed by atoms with Crippen LogP contribution in [0.2, 0.25) is 0 Å². The first-order chi connectivity index (χ1) is 9.38. The highest BCUT2D eigenvalue weighted by Crippen LogP contribution is 2.47. The summed E-state index contributed by atoms with van der Waals surface area (Å²) in [4.78, 5) is 12.8. The normalized spacial score (nSPS) is 29.6. The van der Waals surface area contributed by atoms with E-state index in [4.69, 9.17) is 4.52 Å². The number of rotatable bonds is 2. The molecular formula is C13H15N5O. The summed E-state index contributed by atoms with van der Waals surface area (Å²) in [5, 5.41) is 7.53. The molecule has 6 heteroatoms. The lowest BCUT2D eigenvalue weighted by molar-refractivity contribution is 0.265. The van der Waals surface area contributed by atoms with Gasteiger partial charge in [-0.05, 0) is 25.3 Å². The van der Waals surface area contributed by atoms with E-state index in [0.717, 1.165) is 25.4 Å². The highest BCUT2D eigenvalue weighted by Gasteiger charge is 2.51. The molecule has 98 valence electrons. The Morgan fingerprint density at radius 2 is 2.37 bits per heavy atom. The molecule has 0 bridgehead atoms. The quantitative estimate of drug-likeness (QED) is 0.870. The summed E-state index contributed by atoms with van der Waals surface area (Å²) in [6.07, 6.45) is 8.55. The molecule has 0 radical (unpaired) electrons. The molecule has 0 unspecified atom stereocenters. The van der Waals surface area contributed by atoms with Gasteiger partial charge in [-0.25, -0.2) is 4.98 Å². The molecule has 1 saturated heterocycles. The van der Waals surface area contributed by atoms with Crippen LogP contribution in [-0.4, -0.2) is 33.2 Å². The van der Waals surface area contributed by atoms with Crippen LogP contribution < -0.4 is 5.32 Å². The minimum atomic E-state index is 0.0491. The van der Waals surface area contributed by atoms with E-state index in [1.54, 1.807) is 18.6 Å². The zero-order chi connectivity index (χ0) is 12.7. The van der Waals surface area contributed by atoms with Crippen LogP contribution in [0.4, 0.5) is 0 Å². The summed E-state index contributed by atoms with van der Waals surface area (Å²) in [5.74, 6) is 1.93. The molecule has 19 heavy (non-hydrogen) atoms. The minimum absolute atomic E-state index is 0.0491. The Morgan fingerprint density at radius 3 is 3.26 bits per heavy atom. The maximum absolute atomic E-state index is 5.54. The predicted octanol–water partition coefficient (Wildman–Crippen LogP) is 1.17. The van der Waals surface area contributed by atoms with Crippen LogP contribution in [0.3, 0.4) is 0 Å². The Kier molecular flexibility index (Phi) is 2.38. The molecule has 1 saturated carbocycles. The third-order valence-corrected chi connectivity index (χ3v) is 4.43. The molecule has 2 aromatic heterocycles. The van der Waals surface area contributed by atoms with Crippen LogP contribution in [0.25, 0.3) is 11.5 Å². The molecule has 0 aromatic carbocycles. The summed E-state index contributed by atoms with van der Waals surface area (Å²) in [5.41, 5.74) is 0.711. The highest BCUT2D eigenvalue weighted by atomic mass is 16.5. The van der Waals surface area contributed by atoms with Gasteiger partial charge in [0.1, 0.15) is 5.69 Å². The van der Waals surface area contributed by atoms with Crippen molar-refractivity contribution in [2.75, 3.05) is 13.1 Å². The van der Waals surface area contributed by atoms with Crippen molar-refractivity contribution < 1.29 is 4.52 Å². The lowest BCUT2D eigenvalue weighted by Crippen LogP contribution is -2.31. The molecule has 0 spiro atoms. The zero-order valence-corrected chi connectivity index (χ0v) is 10.5. The van der Waals surface area contributed by atoms with Gasteiger partial charge in [0.15, 0.2) is 0 Å². The maximum Gasteiger partial charge on any atom is 0.234 e. The Bertz CT molecular complexity index is 572. The summed E-state index contributed by atoms with van der Waals surface area (Å²) in [7, 11) is 0. The van der Waals surface area contributed by atoms with Gasteiger partial charge in [-0.2, -0.15) is 4.98 Å². The SMILES string of the molecule is c1cnc(-c2noc([C@@]34CCC[C@@H]3CNC4)n2)cn1. The molecule has 1 N–H and O–H groups in total. The molecular weight excluding hydrogens is 242 g/mol. The van der Waals surface area contributed by atoms with Gasteiger partial charge in [-0.1, -0.05) is 11.6 Å². The van der Waals surface area contributed by atoms with E-state index in [1.807, 2.05) is 0 Å². The average Bonchev–Trinajstić information content (AvgIpc) is 3.14. The zero-order valence-electron chi connectivity index (χ0n) is 10.5. The van der Waals surface area contributed by atoms with Crippen molar-refractivity contribution in [3.8, 4) is 11.5 Å². The van der Waals surface area contributed by atoms with Gasteiger partial charge in [0.05, 0.1) is 11.6 Å². The lowest BCUT2D eigenvalue weighted by Gasteiger charge is -2.22. The average molecular weight is 257 g/mol. The summed E-state index contributed by atoms with van der Waals surface area (Å²) in [6.45, 7) is 2.00. The van der Waals surface area contributed by atoms with E-state index < -0.39 is 0 Å². The fraction of sp³-hybridized carbons (Fsp3) is 0.538. The van der Waals surface area contributed by atoms with Crippen LogP contribution in [0.5, 0.6) is 0 Å². The van der Waals surface area contributed by atoms with Gasteiger partial charge in [0.25, 0.3) is 0 Å². The smallest absolute Gasteiger partial charge is 0.234 e. The van der Waals surface area contributed by atoms with Crippen LogP contribution in [0, 0.1) is 5.92 Å². The fourth-order valence-corrected chi connectivity index (χ4v) is 3.45. The van der Waals surface area contributed by atoms with Gasteiger partial charge in [-0.15, -0.1) is 0 Å². The molecule has 2 aliphatic rings. The second-order valence-corrected chi connectivity index (χ2v) is 5.39. The standard InChI is InChI=1S/C13H15N5O/c1-2-9-6-15-8-13(9,3-1)12-17-11(18-19-12)10-7-14-4-5-16-10/h4-5,7,9,15H,1-3,6,8H2/t9-,13-/m1/s1. The number of nitrogens with zero attached hydrogens (tertiary/aromatic N) is 4. The largest absolute Gasteiger partial charge is 0.338 e. The molecule has 2 fully saturated rings. The van der Waals surface area contributed by atoms with Crippen molar-refractivity contribution >= 4 is 0 Å². The number of hydrogen-bond acceptors (Lipinski definition) is 6. The lowest BCUT2D eigenvalue weighted by atomic mass is 9.80. The molecule has 2 atom stereocenters. The molecule has 6 nitrogen and oxygen atoms in total. The monoisotopic (exact) mass is 257 g/mol.